The molecule has 1 aromatic heterocycles. The molecule has 0 aliphatic heterocycles. The zero-order valence-corrected chi connectivity index (χ0v) is 30.0. The number of hydrogen-bond acceptors (Lipinski definition) is 1. The Morgan fingerprint density at radius 3 is 2.02 bits per heavy atom. The van der Waals surface area contributed by atoms with Gasteiger partial charge in [0.05, 0.1) is 16.7 Å². The molecular weight excluding hydrogens is 660 g/mol. The fourth-order valence-electron chi connectivity index (χ4n) is 9.25. The summed E-state index contributed by atoms with van der Waals surface area (Å²) >= 11 is 0. The molecule has 3 heteroatoms. The fourth-order valence-corrected chi connectivity index (χ4v) is 9.25. The van der Waals surface area contributed by atoms with E-state index < -0.39 is 0 Å². The molecule has 0 saturated carbocycles. The van der Waals surface area contributed by atoms with Gasteiger partial charge in [0.15, 0.2) is 0 Å². The number of anilines is 3. The number of rotatable bonds is 5. The Morgan fingerprint density at radius 1 is 0.481 bits per heavy atom. The van der Waals surface area contributed by atoms with Crippen molar-refractivity contribution in [3.8, 4) is 27.9 Å². The summed E-state index contributed by atoms with van der Waals surface area (Å²) in [5.74, 6) is -0.231. The minimum absolute atomic E-state index is 0.221. The number of para-hydroxylation sites is 1. The number of fused-ring (bicyclic) bond motifs is 4. The van der Waals surface area contributed by atoms with Crippen molar-refractivity contribution in [1.82, 2.24) is 4.57 Å². The summed E-state index contributed by atoms with van der Waals surface area (Å²) in [6, 6.07) is 62.3. The maximum absolute atomic E-state index is 14.0. The van der Waals surface area contributed by atoms with E-state index in [0.29, 0.717) is 0 Å². The van der Waals surface area contributed by atoms with Gasteiger partial charge in [-0.25, -0.2) is 4.39 Å². The van der Waals surface area contributed by atoms with Crippen LogP contribution in [0, 0.1) is 5.82 Å². The molecule has 11 rings (SSSR count). The molecule has 1 aliphatic rings. The Kier molecular flexibility index (Phi) is 6.51. The fraction of sp³-hybridized carbons (Fsp3) is 0.0588. The van der Waals surface area contributed by atoms with Crippen molar-refractivity contribution < 1.29 is 4.39 Å². The summed E-state index contributed by atoms with van der Waals surface area (Å²) in [4.78, 5) is 2.40. The van der Waals surface area contributed by atoms with Gasteiger partial charge < -0.3 is 9.47 Å². The smallest absolute Gasteiger partial charge is 0.123 e. The van der Waals surface area contributed by atoms with Crippen LogP contribution >= 0.6 is 0 Å². The molecule has 0 radical (unpaired) electrons. The predicted octanol–water partition coefficient (Wildman–Crippen LogP) is 14.1. The number of hydrogen-bond donors (Lipinski definition) is 0. The van der Waals surface area contributed by atoms with Crippen molar-refractivity contribution in [2.45, 2.75) is 19.3 Å². The predicted molar refractivity (Wildman–Crippen MR) is 225 cm³/mol. The molecule has 0 fully saturated rings. The lowest BCUT2D eigenvalue weighted by Gasteiger charge is -2.29. The lowest BCUT2D eigenvalue weighted by atomic mass is 9.81. The van der Waals surface area contributed by atoms with Crippen LogP contribution in [0.25, 0.3) is 71.3 Å². The first kappa shape index (κ1) is 30.9. The Hall–Kier alpha value is -6.71. The highest BCUT2D eigenvalue weighted by molar-refractivity contribution is 6.26. The van der Waals surface area contributed by atoms with E-state index in [2.05, 4.69) is 175 Å². The van der Waals surface area contributed by atoms with Crippen LogP contribution in [0.15, 0.2) is 176 Å². The molecular formula is C51H35FN2. The SMILES string of the molecule is CC1(C)c2cc(-c3ccc4c5c3ccc3cccc(c35)n4-c3ccc(F)cc3)ccc2-c2ccc(N(c3ccccc3)c3cccc4ccccc34)cc21. The standard InChI is InChI=1S/C51H35FN2/c1-51(2)44-30-34(39-28-29-48-50-43(39)26-18-33-12-9-17-47(49(33)50)54(48)37-22-20-35(52)21-23-37)19-25-41(44)42-27-24-38(31-45(42)51)53(36-13-4-3-5-14-36)46-16-8-11-32-10-6-7-15-40(32)46/h3-31H,1-2H3. The van der Waals surface area contributed by atoms with E-state index in [1.165, 1.54) is 65.7 Å². The minimum Gasteiger partial charge on any atom is -0.310 e. The number of nitrogens with zero attached hydrogens (tertiary/aromatic N) is 2. The zero-order chi connectivity index (χ0) is 36.1. The molecule has 1 heterocycles. The van der Waals surface area contributed by atoms with Crippen LogP contribution in [-0.2, 0) is 5.41 Å². The Labute approximate surface area is 313 Å². The van der Waals surface area contributed by atoms with Crippen molar-refractivity contribution in [3.05, 3.63) is 193 Å². The van der Waals surface area contributed by atoms with Gasteiger partial charge in [-0.15, -0.1) is 0 Å². The second kappa shape index (κ2) is 11.4. The first-order valence-electron chi connectivity index (χ1n) is 18.6. The van der Waals surface area contributed by atoms with Crippen molar-refractivity contribution in [3.63, 3.8) is 0 Å². The van der Waals surface area contributed by atoms with Gasteiger partial charge in [-0.1, -0.05) is 117 Å². The van der Waals surface area contributed by atoms with Crippen LogP contribution in [0.3, 0.4) is 0 Å². The lowest BCUT2D eigenvalue weighted by molar-refractivity contribution is 0.627. The van der Waals surface area contributed by atoms with Gasteiger partial charge in [-0.3, -0.25) is 0 Å². The summed E-state index contributed by atoms with van der Waals surface area (Å²) < 4.78 is 16.3. The van der Waals surface area contributed by atoms with E-state index in [1.54, 1.807) is 12.1 Å². The summed E-state index contributed by atoms with van der Waals surface area (Å²) in [5.41, 5.74) is 14.1. The second-order valence-corrected chi connectivity index (χ2v) is 15.1. The van der Waals surface area contributed by atoms with Gasteiger partial charge in [0.25, 0.3) is 0 Å². The van der Waals surface area contributed by atoms with Crippen molar-refractivity contribution >= 4 is 60.4 Å². The van der Waals surface area contributed by atoms with E-state index in [0.717, 1.165) is 33.8 Å². The Morgan fingerprint density at radius 2 is 1.17 bits per heavy atom. The molecule has 0 atom stereocenters. The first-order valence-corrected chi connectivity index (χ1v) is 18.6. The molecule has 0 saturated heterocycles. The highest BCUT2D eigenvalue weighted by Gasteiger charge is 2.36. The third kappa shape index (κ3) is 4.39. The van der Waals surface area contributed by atoms with E-state index >= 15 is 0 Å². The molecule has 256 valence electrons. The molecule has 0 spiro atoms. The second-order valence-electron chi connectivity index (χ2n) is 15.1. The monoisotopic (exact) mass is 694 g/mol. The van der Waals surface area contributed by atoms with E-state index in [9.17, 15) is 4.39 Å². The van der Waals surface area contributed by atoms with E-state index in [4.69, 9.17) is 0 Å². The van der Waals surface area contributed by atoms with Crippen LogP contribution in [0.4, 0.5) is 21.5 Å². The topological polar surface area (TPSA) is 8.17 Å². The zero-order valence-electron chi connectivity index (χ0n) is 30.0. The number of aromatic nitrogens is 1. The highest BCUT2D eigenvalue weighted by atomic mass is 19.1. The first-order chi connectivity index (χ1) is 26.5. The van der Waals surface area contributed by atoms with E-state index in [1.807, 2.05) is 12.1 Å². The van der Waals surface area contributed by atoms with Crippen LogP contribution < -0.4 is 4.90 Å². The summed E-state index contributed by atoms with van der Waals surface area (Å²) in [6.45, 7) is 4.73. The summed E-state index contributed by atoms with van der Waals surface area (Å²) in [5, 5.41) is 7.36. The molecule has 0 bridgehead atoms. The third-order valence-electron chi connectivity index (χ3n) is 11.8. The van der Waals surface area contributed by atoms with Crippen molar-refractivity contribution in [2.75, 3.05) is 4.90 Å². The van der Waals surface area contributed by atoms with E-state index in [-0.39, 0.29) is 11.2 Å². The van der Waals surface area contributed by atoms with Crippen LogP contribution in [0.2, 0.25) is 0 Å². The van der Waals surface area contributed by atoms with Gasteiger partial charge in [0.2, 0.25) is 0 Å². The third-order valence-corrected chi connectivity index (χ3v) is 11.8. The molecule has 2 nitrogen and oxygen atoms in total. The van der Waals surface area contributed by atoms with Gasteiger partial charge in [0, 0.05) is 38.6 Å². The maximum Gasteiger partial charge on any atom is 0.123 e. The molecule has 9 aromatic carbocycles. The summed E-state index contributed by atoms with van der Waals surface area (Å²) in [6.07, 6.45) is 0. The Balaban J connectivity index is 1.05. The van der Waals surface area contributed by atoms with Crippen LogP contribution in [0.5, 0.6) is 0 Å². The Bertz CT molecular complexity index is 3080. The molecule has 0 N–H and O–H groups in total. The largest absolute Gasteiger partial charge is 0.310 e. The van der Waals surface area contributed by atoms with Crippen LogP contribution in [0.1, 0.15) is 25.0 Å². The van der Waals surface area contributed by atoms with Gasteiger partial charge >= 0.3 is 0 Å². The van der Waals surface area contributed by atoms with Crippen molar-refractivity contribution in [2.24, 2.45) is 0 Å². The quantitative estimate of drug-likeness (QED) is 0.163. The maximum atomic E-state index is 14.0. The number of halogens is 1. The molecule has 0 unspecified atom stereocenters. The molecule has 1 aliphatic carbocycles. The van der Waals surface area contributed by atoms with Crippen LogP contribution in [-0.4, -0.2) is 4.57 Å². The minimum atomic E-state index is -0.231. The number of benzene rings is 9. The van der Waals surface area contributed by atoms with Gasteiger partial charge in [0.1, 0.15) is 5.82 Å². The average molecular weight is 695 g/mol. The molecule has 0 amide bonds. The highest BCUT2D eigenvalue weighted by Crippen LogP contribution is 2.52. The van der Waals surface area contributed by atoms with Gasteiger partial charge in [-0.05, 0) is 122 Å². The normalized spacial score (nSPS) is 13.2. The average Bonchev–Trinajstić information content (AvgIpc) is 3.67. The van der Waals surface area contributed by atoms with Crippen molar-refractivity contribution in [1.29, 1.82) is 0 Å². The lowest BCUT2D eigenvalue weighted by Crippen LogP contribution is -2.16. The molecule has 10 aromatic rings. The van der Waals surface area contributed by atoms with Gasteiger partial charge in [-0.2, -0.15) is 0 Å². The molecule has 54 heavy (non-hydrogen) atoms. The summed E-state index contributed by atoms with van der Waals surface area (Å²) in [7, 11) is 0.